The Labute approximate surface area is 118 Å². The average molecular weight is 282 g/mol. The van der Waals surface area contributed by atoms with Crippen LogP contribution in [0, 0.1) is 5.92 Å². The van der Waals surface area contributed by atoms with Crippen LogP contribution in [0.2, 0.25) is 5.02 Å². The third-order valence-corrected chi connectivity index (χ3v) is 4.02. The Morgan fingerprint density at radius 1 is 1.53 bits per heavy atom. The number of piperidine rings is 1. The van der Waals surface area contributed by atoms with Crippen LogP contribution in [-0.2, 0) is 0 Å². The van der Waals surface area contributed by atoms with Crippen molar-refractivity contribution in [2.45, 2.75) is 25.8 Å². The van der Waals surface area contributed by atoms with Gasteiger partial charge in [-0.2, -0.15) is 0 Å². The Bertz CT molecular complexity index is 478. The summed E-state index contributed by atoms with van der Waals surface area (Å²) in [5.74, 6) is 0.209. The Morgan fingerprint density at radius 3 is 2.89 bits per heavy atom. The van der Waals surface area contributed by atoms with E-state index in [1.807, 2.05) is 6.07 Å². The molecule has 19 heavy (non-hydrogen) atoms. The topological polar surface area (TPSA) is 72.3 Å². The normalized spacial score (nSPS) is 23.4. The molecule has 0 bridgehead atoms. The zero-order valence-electron chi connectivity index (χ0n) is 11.1. The number of nitrogens with two attached hydrogens (primary N) is 2. The summed E-state index contributed by atoms with van der Waals surface area (Å²) >= 11 is 5.94. The maximum atomic E-state index is 11.6. The lowest BCUT2D eigenvalue weighted by Crippen LogP contribution is -2.47. The first-order valence-electron chi connectivity index (χ1n) is 6.59. The van der Waals surface area contributed by atoms with Gasteiger partial charge >= 0.3 is 0 Å². The number of nitrogens with zero attached hydrogens (tertiary/aromatic N) is 1. The Balaban J connectivity index is 2.37. The summed E-state index contributed by atoms with van der Waals surface area (Å²) in [7, 11) is 0. The summed E-state index contributed by atoms with van der Waals surface area (Å²) in [6.45, 7) is 3.70. The number of amides is 1. The highest BCUT2D eigenvalue weighted by Crippen LogP contribution is 2.31. The molecule has 1 amide bonds. The second-order valence-corrected chi connectivity index (χ2v) is 5.67. The fourth-order valence-corrected chi connectivity index (χ4v) is 2.92. The van der Waals surface area contributed by atoms with Crippen molar-refractivity contribution in [3.05, 3.63) is 28.8 Å². The molecule has 0 spiro atoms. The van der Waals surface area contributed by atoms with Gasteiger partial charge in [0.15, 0.2) is 0 Å². The van der Waals surface area contributed by atoms with Gasteiger partial charge in [-0.15, -0.1) is 0 Å². The summed E-state index contributed by atoms with van der Waals surface area (Å²) in [4.78, 5) is 13.8. The number of carbonyl (C=O) groups is 1. The largest absolute Gasteiger partial charge is 0.367 e. The monoisotopic (exact) mass is 281 g/mol. The highest BCUT2D eigenvalue weighted by atomic mass is 35.5. The van der Waals surface area contributed by atoms with Crippen LogP contribution in [0.4, 0.5) is 5.69 Å². The van der Waals surface area contributed by atoms with Crippen molar-refractivity contribution in [1.29, 1.82) is 0 Å². The predicted octanol–water partition coefficient (Wildman–Crippen LogP) is 2.00. The molecule has 1 aromatic rings. The van der Waals surface area contributed by atoms with Crippen LogP contribution < -0.4 is 16.4 Å². The molecule has 1 aliphatic heterocycles. The number of anilines is 1. The minimum Gasteiger partial charge on any atom is -0.367 e. The summed E-state index contributed by atoms with van der Waals surface area (Å²) in [6.07, 6.45) is 2.13. The lowest BCUT2D eigenvalue weighted by atomic mass is 9.91. The number of primary amides is 1. The van der Waals surface area contributed by atoms with Crippen LogP contribution >= 0.6 is 11.6 Å². The van der Waals surface area contributed by atoms with Gasteiger partial charge in [-0.25, -0.2) is 0 Å². The maximum absolute atomic E-state index is 11.6. The molecule has 2 unspecified atom stereocenters. The van der Waals surface area contributed by atoms with Gasteiger partial charge in [0, 0.05) is 29.8 Å². The van der Waals surface area contributed by atoms with Crippen LogP contribution in [0.15, 0.2) is 18.2 Å². The van der Waals surface area contributed by atoms with Gasteiger partial charge in [0.2, 0.25) is 0 Å². The molecular formula is C14H20ClN3O. The van der Waals surface area contributed by atoms with E-state index in [1.165, 1.54) is 0 Å². The molecule has 0 radical (unpaired) electrons. The first-order valence-corrected chi connectivity index (χ1v) is 6.96. The summed E-state index contributed by atoms with van der Waals surface area (Å²) < 4.78 is 0. The number of benzene rings is 1. The molecule has 5 heteroatoms. The van der Waals surface area contributed by atoms with Crippen LogP contribution in [0.25, 0.3) is 0 Å². The van der Waals surface area contributed by atoms with Gasteiger partial charge in [-0.1, -0.05) is 18.5 Å². The number of hydrogen-bond donors (Lipinski definition) is 2. The highest BCUT2D eigenvalue weighted by Gasteiger charge is 2.27. The van der Waals surface area contributed by atoms with Crippen LogP contribution in [0.1, 0.15) is 30.1 Å². The van der Waals surface area contributed by atoms with Crippen molar-refractivity contribution in [2.24, 2.45) is 17.4 Å². The third-order valence-electron chi connectivity index (χ3n) is 3.78. The van der Waals surface area contributed by atoms with Gasteiger partial charge in [0.05, 0.1) is 5.56 Å². The van der Waals surface area contributed by atoms with E-state index < -0.39 is 5.91 Å². The second-order valence-electron chi connectivity index (χ2n) is 5.24. The van der Waals surface area contributed by atoms with E-state index in [0.29, 0.717) is 23.0 Å². The number of halogens is 1. The van der Waals surface area contributed by atoms with Gasteiger partial charge < -0.3 is 16.4 Å². The van der Waals surface area contributed by atoms with E-state index in [0.717, 1.165) is 25.1 Å². The van der Waals surface area contributed by atoms with Crippen molar-refractivity contribution in [2.75, 3.05) is 18.0 Å². The predicted molar refractivity (Wildman–Crippen MR) is 78.6 cm³/mol. The lowest BCUT2D eigenvalue weighted by Gasteiger charge is -2.40. The standard InChI is InChI=1S/C14H20ClN3O/c1-9-4-5-18(11(6-9)8-16)13-3-2-10(15)7-12(13)14(17)19/h2-3,7,9,11H,4-6,8,16H2,1H3,(H2,17,19). The van der Waals surface area contributed by atoms with E-state index in [1.54, 1.807) is 12.1 Å². The van der Waals surface area contributed by atoms with E-state index in [-0.39, 0.29) is 6.04 Å². The van der Waals surface area contributed by atoms with Crippen molar-refractivity contribution in [1.82, 2.24) is 0 Å². The van der Waals surface area contributed by atoms with Gasteiger partial charge in [-0.05, 0) is 37.0 Å². The second kappa shape index (κ2) is 5.80. The molecule has 4 N–H and O–H groups in total. The number of carbonyl (C=O) groups excluding carboxylic acids is 1. The molecule has 104 valence electrons. The van der Waals surface area contributed by atoms with E-state index in [2.05, 4.69) is 11.8 Å². The molecule has 2 atom stereocenters. The summed E-state index contributed by atoms with van der Waals surface area (Å²) in [5, 5.41) is 0.521. The summed E-state index contributed by atoms with van der Waals surface area (Å²) in [5.41, 5.74) is 12.6. The van der Waals surface area contributed by atoms with Crippen LogP contribution in [-0.4, -0.2) is 25.0 Å². The molecule has 1 heterocycles. The fourth-order valence-electron chi connectivity index (χ4n) is 2.75. The Morgan fingerprint density at radius 2 is 2.26 bits per heavy atom. The molecule has 1 fully saturated rings. The first-order chi connectivity index (χ1) is 9.02. The highest BCUT2D eigenvalue weighted by molar-refractivity contribution is 6.31. The Kier molecular flexibility index (Phi) is 4.32. The zero-order chi connectivity index (χ0) is 14.0. The van der Waals surface area contributed by atoms with Gasteiger partial charge in [0.25, 0.3) is 5.91 Å². The van der Waals surface area contributed by atoms with Crippen molar-refractivity contribution in [3.8, 4) is 0 Å². The van der Waals surface area contributed by atoms with Crippen molar-refractivity contribution in [3.63, 3.8) is 0 Å². The minimum absolute atomic E-state index is 0.253. The van der Waals surface area contributed by atoms with Crippen molar-refractivity contribution < 1.29 is 4.79 Å². The smallest absolute Gasteiger partial charge is 0.250 e. The molecule has 1 aliphatic rings. The van der Waals surface area contributed by atoms with E-state index >= 15 is 0 Å². The first kappa shape index (κ1) is 14.2. The lowest BCUT2D eigenvalue weighted by molar-refractivity contribution is 0.100. The molecule has 2 rings (SSSR count). The SMILES string of the molecule is CC1CCN(c2ccc(Cl)cc2C(N)=O)C(CN)C1. The third kappa shape index (κ3) is 3.01. The van der Waals surface area contributed by atoms with Crippen LogP contribution in [0.5, 0.6) is 0 Å². The molecule has 0 saturated carbocycles. The molecule has 1 aromatic carbocycles. The zero-order valence-corrected chi connectivity index (χ0v) is 11.9. The van der Waals surface area contributed by atoms with Gasteiger partial charge in [-0.3, -0.25) is 4.79 Å². The number of rotatable bonds is 3. The average Bonchev–Trinajstić information content (AvgIpc) is 2.38. The maximum Gasteiger partial charge on any atom is 0.250 e. The fraction of sp³-hybridized carbons (Fsp3) is 0.500. The molecule has 4 nitrogen and oxygen atoms in total. The number of hydrogen-bond acceptors (Lipinski definition) is 3. The minimum atomic E-state index is -0.452. The molecular weight excluding hydrogens is 262 g/mol. The Hall–Kier alpha value is -1.26. The van der Waals surface area contributed by atoms with E-state index in [9.17, 15) is 4.79 Å². The van der Waals surface area contributed by atoms with Gasteiger partial charge in [0.1, 0.15) is 0 Å². The quantitative estimate of drug-likeness (QED) is 0.890. The molecule has 1 saturated heterocycles. The summed E-state index contributed by atoms with van der Waals surface area (Å²) in [6, 6.07) is 5.53. The van der Waals surface area contributed by atoms with Crippen molar-refractivity contribution >= 4 is 23.2 Å². The molecule has 0 aromatic heterocycles. The van der Waals surface area contributed by atoms with E-state index in [4.69, 9.17) is 23.1 Å². The van der Waals surface area contributed by atoms with Crippen LogP contribution in [0.3, 0.4) is 0 Å². The molecule has 0 aliphatic carbocycles.